The van der Waals surface area contributed by atoms with Crippen molar-refractivity contribution < 1.29 is 22.7 Å². The van der Waals surface area contributed by atoms with Gasteiger partial charge in [0.25, 0.3) is 0 Å². The molecule has 0 bridgehead atoms. The fraction of sp³-hybridized carbons (Fsp3) is 0.818. The van der Waals surface area contributed by atoms with E-state index in [4.69, 9.17) is 0 Å². The van der Waals surface area contributed by atoms with E-state index in [9.17, 15) is 18.0 Å². The van der Waals surface area contributed by atoms with Gasteiger partial charge in [0.2, 0.25) is 5.91 Å². The van der Waals surface area contributed by atoms with E-state index in [0.717, 1.165) is 0 Å². The van der Waals surface area contributed by atoms with E-state index in [1.807, 2.05) is 0 Å². The van der Waals surface area contributed by atoms with Crippen LogP contribution in [0, 0.1) is 5.92 Å². The average molecular weight is 275 g/mol. The Labute approximate surface area is 106 Å². The van der Waals surface area contributed by atoms with Crippen LogP contribution in [-0.4, -0.2) is 56.4 Å². The van der Waals surface area contributed by atoms with Crippen LogP contribution in [0.15, 0.2) is 0 Å². The summed E-state index contributed by atoms with van der Waals surface area (Å²) in [5.41, 5.74) is 0. The summed E-state index contributed by atoms with van der Waals surface area (Å²) in [4.78, 5) is 24.9. The average Bonchev–Trinajstić information content (AvgIpc) is 2.70. The second-order valence-electron chi connectivity index (χ2n) is 4.85. The van der Waals surface area contributed by atoms with Crippen molar-refractivity contribution in [3.63, 3.8) is 0 Å². The normalized spacial score (nSPS) is 28.4. The first kappa shape index (κ1) is 13.3. The Morgan fingerprint density at radius 3 is 2.50 bits per heavy atom. The molecule has 102 valence electrons. The Hall–Kier alpha value is -1.11. The van der Waals surface area contributed by atoms with E-state index >= 15 is 0 Å². The predicted molar refractivity (Wildman–Crippen MR) is 63.5 cm³/mol. The molecule has 0 N–H and O–H groups in total. The monoisotopic (exact) mass is 275 g/mol. The highest BCUT2D eigenvalue weighted by atomic mass is 32.2. The maximum Gasteiger partial charge on any atom is 0.310 e. The van der Waals surface area contributed by atoms with Crippen LogP contribution in [0.4, 0.5) is 0 Å². The minimum Gasteiger partial charge on any atom is -0.469 e. The number of esters is 1. The van der Waals surface area contributed by atoms with Crippen molar-refractivity contribution in [1.29, 1.82) is 0 Å². The SMILES string of the molecule is COC(=O)C1CC(=O)N(C2CCS(=O)(=O)CC2)C1. The zero-order valence-electron chi connectivity index (χ0n) is 10.3. The Balaban J connectivity index is 1.99. The largest absolute Gasteiger partial charge is 0.469 e. The Bertz CT molecular complexity index is 444. The number of nitrogens with zero attached hydrogens (tertiary/aromatic N) is 1. The molecule has 0 aromatic heterocycles. The van der Waals surface area contributed by atoms with E-state index in [2.05, 4.69) is 4.74 Å². The van der Waals surface area contributed by atoms with Crippen molar-refractivity contribution in [2.24, 2.45) is 5.92 Å². The van der Waals surface area contributed by atoms with Gasteiger partial charge in [-0.15, -0.1) is 0 Å². The number of rotatable bonds is 2. The molecule has 1 unspecified atom stereocenters. The van der Waals surface area contributed by atoms with Crippen LogP contribution >= 0.6 is 0 Å². The van der Waals surface area contributed by atoms with Crippen LogP contribution in [-0.2, 0) is 24.2 Å². The van der Waals surface area contributed by atoms with Crippen molar-refractivity contribution in [2.75, 3.05) is 25.2 Å². The van der Waals surface area contributed by atoms with Gasteiger partial charge in [-0.05, 0) is 12.8 Å². The zero-order chi connectivity index (χ0) is 13.3. The van der Waals surface area contributed by atoms with Crippen molar-refractivity contribution in [3.05, 3.63) is 0 Å². The first-order chi connectivity index (χ1) is 8.43. The third kappa shape index (κ3) is 2.66. The van der Waals surface area contributed by atoms with E-state index < -0.39 is 15.8 Å². The van der Waals surface area contributed by atoms with Crippen LogP contribution < -0.4 is 0 Å². The molecular formula is C11H17NO5S. The number of carbonyl (C=O) groups excluding carboxylic acids is 2. The van der Waals surface area contributed by atoms with E-state index in [1.54, 1.807) is 4.90 Å². The first-order valence-corrected chi connectivity index (χ1v) is 7.83. The van der Waals surface area contributed by atoms with Crippen molar-refractivity contribution >= 4 is 21.7 Å². The molecule has 2 aliphatic heterocycles. The molecule has 0 aliphatic carbocycles. The number of hydrogen-bond acceptors (Lipinski definition) is 5. The van der Waals surface area contributed by atoms with Gasteiger partial charge in [-0.3, -0.25) is 9.59 Å². The highest BCUT2D eigenvalue weighted by Gasteiger charge is 2.40. The molecule has 18 heavy (non-hydrogen) atoms. The molecule has 0 aromatic rings. The van der Waals surface area contributed by atoms with Crippen LogP contribution in [0.3, 0.4) is 0 Å². The Morgan fingerprint density at radius 2 is 1.94 bits per heavy atom. The van der Waals surface area contributed by atoms with Gasteiger partial charge in [0.05, 0.1) is 24.5 Å². The molecule has 0 aromatic carbocycles. The lowest BCUT2D eigenvalue weighted by Crippen LogP contribution is -2.42. The van der Waals surface area contributed by atoms with Crippen LogP contribution in [0.2, 0.25) is 0 Å². The highest BCUT2D eigenvalue weighted by Crippen LogP contribution is 2.26. The van der Waals surface area contributed by atoms with Gasteiger partial charge in [-0.2, -0.15) is 0 Å². The maximum absolute atomic E-state index is 11.8. The number of sulfone groups is 1. The van der Waals surface area contributed by atoms with Gasteiger partial charge < -0.3 is 9.64 Å². The third-order valence-corrected chi connectivity index (χ3v) is 5.37. The number of carbonyl (C=O) groups is 2. The van der Waals surface area contributed by atoms with E-state index in [0.29, 0.717) is 19.4 Å². The van der Waals surface area contributed by atoms with Gasteiger partial charge >= 0.3 is 5.97 Å². The van der Waals surface area contributed by atoms with Crippen molar-refractivity contribution in [3.8, 4) is 0 Å². The lowest BCUT2D eigenvalue weighted by Gasteiger charge is -2.31. The number of amides is 1. The number of hydrogen-bond donors (Lipinski definition) is 0. The molecular weight excluding hydrogens is 258 g/mol. The number of likely N-dealkylation sites (tertiary alicyclic amines) is 1. The van der Waals surface area contributed by atoms with Crippen LogP contribution in [0.5, 0.6) is 0 Å². The maximum atomic E-state index is 11.8. The minimum absolute atomic E-state index is 0.0457. The molecule has 2 rings (SSSR count). The third-order valence-electron chi connectivity index (χ3n) is 3.66. The van der Waals surface area contributed by atoms with Crippen molar-refractivity contribution in [2.45, 2.75) is 25.3 Å². The molecule has 1 amide bonds. The lowest BCUT2D eigenvalue weighted by atomic mass is 10.1. The molecule has 0 saturated carbocycles. The number of ether oxygens (including phenoxy) is 1. The highest BCUT2D eigenvalue weighted by molar-refractivity contribution is 7.91. The summed E-state index contributed by atoms with van der Waals surface area (Å²) >= 11 is 0. The second kappa shape index (κ2) is 4.87. The fourth-order valence-corrected chi connectivity index (χ4v) is 4.06. The molecule has 7 heteroatoms. The zero-order valence-corrected chi connectivity index (χ0v) is 11.1. The Kier molecular flexibility index (Phi) is 3.61. The van der Waals surface area contributed by atoms with Crippen LogP contribution in [0.1, 0.15) is 19.3 Å². The second-order valence-corrected chi connectivity index (χ2v) is 7.16. The molecule has 2 saturated heterocycles. The fourth-order valence-electron chi connectivity index (χ4n) is 2.60. The van der Waals surface area contributed by atoms with E-state index in [1.165, 1.54) is 7.11 Å². The summed E-state index contributed by atoms with van der Waals surface area (Å²) in [5.74, 6) is -0.584. The summed E-state index contributed by atoms with van der Waals surface area (Å²) in [7, 11) is -1.62. The summed E-state index contributed by atoms with van der Waals surface area (Å²) in [6.45, 7) is 0.357. The Morgan fingerprint density at radius 1 is 1.33 bits per heavy atom. The summed E-state index contributed by atoms with van der Waals surface area (Å²) < 4.78 is 27.3. The lowest BCUT2D eigenvalue weighted by molar-refractivity contribution is -0.145. The molecule has 6 nitrogen and oxygen atoms in total. The molecule has 2 heterocycles. The molecule has 0 radical (unpaired) electrons. The smallest absolute Gasteiger partial charge is 0.310 e. The summed E-state index contributed by atoms with van der Waals surface area (Å²) in [6, 6.07) is -0.0457. The van der Waals surface area contributed by atoms with Gasteiger partial charge in [0.1, 0.15) is 9.84 Å². The topological polar surface area (TPSA) is 80.8 Å². The molecule has 2 fully saturated rings. The molecule has 2 aliphatic rings. The molecule has 1 atom stereocenters. The summed E-state index contributed by atoms with van der Waals surface area (Å²) in [6.07, 6.45) is 1.12. The van der Waals surface area contributed by atoms with Crippen molar-refractivity contribution in [1.82, 2.24) is 4.90 Å². The molecule has 0 spiro atoms. The van der Waals surface area contributed by atoms with Gasteiger partial charge in [-0.1, -0.05) is 0 Å². The van der Waals surface area contributed by atoms with E-state index in [-0.39, 0.29) is 35.8 Å². The minimum atomic E-state index is -2.93. The van der Waals surface area contributed by atoms with Gasteiger partial charge in [0.15, 0.2) is 0 Å². The van der Waals surface area contributed by atoms with Gasteiger partial charge in [-0.25, -0.2) is 8.42 Å². The predicted octanol–water partition coefficient (Wildman–Crippen LogP) is -0.415. The standard InChI is InChI=1S/C11H17NO5S/c1-17-11(14)8-6-10(13)12(7-8)9-2-4-18(15,16)5-3-9/h8-9H,2-7H2,1H3. The quantitative estimate of drug-likeness (QED) is 0.640. The van der Waals surface area contributed by atoms with Gasteiger partial charge in [0, 0.05) is 19.0 Å². The number of methoxy groups -OCH3 is 1. The summed E-state index contributed by atoms with van der Waals surface area (Å²) in [5, 5.41) is 0. The first-order valence-electron chi connectivity index (χ1n) is 6.00. The van der Waals surface area contributed by atoms with Crippen LogP contribution in [0.25, 0.3) is 0 Å².